The van der Waals surface area contributed by atoms with E-state index in [1.807, 2.05) is 6.92 Å². The van der Waals surface area contributed by atoms with Crippen molar-refractivity contribution in [3.8, 4) is 0 Å². The minimum Gasteiger partial charge on any atom is -0.411 e. The molecule has 0 spiro atoms. The third-order valence-corrected chi connectivity index (χ3v) is 3.56. The lowest BCUT2D eigenvalue weighted by molar-refractivity contribution is -0.131. The summed E-state index contributed by atoms with van der Waals surface area (Å²) in [4.78, 5) is 13.7. The zero-order chi connectivity index (χ0) is 14.7. The van der Waals surface area contributed by atoms with Crippen molar-refractivity contribution < 1.29 is 18.8 Å². The number of hydrogen-bond donors (Lipinski definition) is 1. The van der Waals surface area contributed by atoms with Gasteiger partial charge in [0.05, 0.1) is 12.1 Å². The fraction of sp³-hybridized carbons (Fsp3) is 0.429. The largest absolute Gasteiger partial charge is 0.411 e. The molecular weight excluding hydrogens is 266 g/mol. The van der Waals surface area contributed by atoms with E-state index in [9.17, 15) is 13.6 Å². The maximum absolute atomic E-state index is 13.5. The number of rotatable bonds is 2. The Morgan fingerprint density at radius 2 is 2.25 bits per heavy atom. The Hall–Kier alpha value is -1.98. The molecule has 2 rings (SSSR count). The highest BCUT2D eigenvalue weighted by molar-refractivity contribution is 5.89. The fourth-order valence-corrected chi connectivity index (χ4v) is 2.36. The second-order valence-electron chi connectivity index (χ2n) is 4.97. The van der Waals surface area contributed by atoms with Crippen LogP contribution in [0.25, 0.3) is 0 Å². The van der Waals surface area contributed by atoms with Gasteiger partial charge in [-0.15, -0.1) is 0 Å². The van der Waals surface area contributed by atoms with Crippen LogP contribution in [-0.2, 0) is 11.2 Å². The van der Waals surface area contributed by atoms with E-state index in [4.69, 9.17) is 5.21 Å². The highest BCUT2D eigenvalue weighted by Gasteiger charge is 2.26. The standard InChI is InChI=1S/C14H16F2N2O2/c1-9-8-18(6-5-12(9)17-20)13(19)7-10-3-2-4-11(15)14(10)16/h2-4,9,20H,5-8H2,1H3/b17-12+. The number of likely N-dealkylation sites (tertiary alicyclic amines) is 1. The van der Waals surface area contributed by atoms with Crippen LogP contribution in [0, 0.1) is 17.6 Å². The maximum atomic E-state index is 13.5. The minimum absolute atomic E-state index is 0.0324. The van der Waals surface area contributed by atoms with Crippen molar-refractivity contribution in [1.29, 1.82) is 0 Å². The van der Waals surface area contributed by atoms with Gasteiger partial charge in [0, 0.05) is 31.0 Å². The molecule has 1 saturated heterocycles. The fourth-order valence-electron chi connectivity index (χ4n) is 2.36. The van der Waals surface area contributed by atoms with Gasteiger partial charge in [-0.25, -0.2) is 8.78 Å². The molecule has 1 unspecified atom stereocenters. The number of carbonyl (C=O) groups is 1. The molecule has 1 aliphatic rings. The molecule has 20 heavy (non-hydrogen) atoms. The average Bonchev–Trinajstić information content (AvgIpc) is 2.43. The van der Waals surface area contributed by atoms with E-state index in [-0.39, 0.29) is 23.8 Å². The van der Waals surface area contributed by atoms with E-state index < -0.39 is 11.6 Å². The Morgan fingerprint density at radius 1 is 1.50 bits per heavy atom. The van der Waals surface area contributed by atoms with Crippen LogP contribution in [0.1, 0.15) is 18.9 Å². The molecule has 1 amide bonds. The summed E-state index contributed by atoms with van der Waals surface area (Å²) < 4.78 is 26.6. The number of piperidine rings is 1. The Kier molecular flexibility index (Phi) is 4.32. The van der Waals surface area contributed by atoms with Gasteiger partial charge < -0.3 is 10.1 Å². The van der Waals surface area contributed by atoms with Crippen LogP contribution in [0.2, 0.25) is 0 Å². The molecule has 1 aliphatic heterocycles. The first kappa shape index (κ1) is 14.4. The second kappa shape index (κ2) is 5.98. The van der Waals surface area contributed by atoms with Gasteiger partial charge in [0.15, 0.2) is 11.6 Å². The van der Waals surface area contributed by atoms with E-state index in [2.05, 4.69) is 5.16 Å². The number of oxime groups is 1. The van der Waals surface area contributed by atoms with Crippen LogP contribution in [0.15, 0.2) is 23.4 Å². The molecule has 0 bridgehead atoms. The van der Waals surface area contributed by atoms with Crippen molar-refractivity contribution in [2.45, 2.75) is 19.8 Å². The topological polar surface area (TPSA) is 52.9 Å². The molecule has 0 radical (unpaired) electrons. The summed E-state index contributed by atoms with van der Waals surface area (Å²) in [7, 11) is 0. The predicted octanol–water partition coefficient (Wildman–Crippen LogP) is 2.21. The van der Waals surface area contributed by atoms with Crippen LogP contribution in [0.4, 0.5) is 8.78 Å². The van der Waals surface area contributed by atoms with Crippen molar-refractivity contribution in [3.05, 3.63) is 35.4 Å². The summed E-state index contributed by atoms with van der Waals surface area (Å²) in [6.45, 7) is 2.71. The van der Waals surface area contributed by atoms with Gasteiger partial charge in [-0.2, -0.15) is 0 Å². The van der Waals surface area contributed by atoms with Gasteiger partial charge in [0.25, 0.3) is 0 Å². The first-order chi connectivity index (χ1) is 9.52. The lowest BCUT2D eigenvalue weighted by Crippen LogP contribution is -2.44. The van der Waals surface area contributed by atoms with Crippen molar-refractivity contribution in [3.63, 3.8) is 0 Å². The summed E-state index contributed by atoms with van der Waals surface area (Å²) >= 11 is 0. The van der Waals surface area contributed by atoms with Crippen molar-refractivity contribution in [2.75, 3.05) is 13.1 Å². The number of halogens is 2. The van der Waals surface area contributed by atoms with Gasteiger partial charge in [-0.1, -0.05) is 24.2 Å². The van der Waals surface area contributed by atoms with Crippen molar-refractivity contribution >= 4 is 11.6 Å². The van der Waals surface area contributed by atoms with Crippen molar-refractivity contribution in [1.82, 2.24) is 4.90 Å². The van der Waals surface area contributed by atoms with Gasteiger partial charge >= 0.3 is 0 Å². The lowest BCUT2D eigenvalue weighted by Gasteiger charge is -2.31. The first-order valence-electron chi connectivity index (χ1n) is 6.44. The van der Waals surface area contributed by atoms with E-state index in [1.54, 1.807) is 4.90 Å². The van der Waals surface area contributed by atoms with Gasteiger partial charge in [-0.05, 0) is 6.07 Å². The van der Waals surface area contributed by atoms with Crippen molar-refractivity contribution in [2.24, 2.45) is 11.1 Å². The van der Waals surface area contributed by atoms with Gasteiger partial charge in [0.1, 0.15) is 0 Å². The molecule has 108 valence electrons. The quantitative estimate of drug-likeness (QED) is 0.668. The van der Waals surface area contributed by atoms with Crippen LogP contribution >= 0.6 is 0 Å². The molecule has 0 aliphatic carbocycles. The highest BCUT2D eigenvalue weighted by atomic mass is 19.2. The van der Waals surface area contributed by atoms with E-state index >= 15 is 0 Å². The van der Waals surface area contributed by atoms with Crippen LogP contribution in [-0.4, -0.2) is 34.8 Å². The molecule has 6 heteroatoms. The normalized spacial score (nSPS) is 21.2. The Labute approximate surface area is 115 Å². The first-order valence-corrected chi connectivity index (χ1v) is 6.44. The Morgan fingerprint density at radius 3 is 2.90 bits per heavy atom. The zero-order valence-electron chi connectivity index (χ0n) is 11.1. The van der Waals surface area contributed by atoms with Gasteiger partial charge in [0.2, 0.25) is 5.91 Å². The predicted molar refractivity (Wildman–Crippen MR) is 69.6 cm³/mol. The molecule has 0 aromatic heterocycles. The van der Waals surface area contributed by atoms with E-state index in [1.165, 1.54) is 12.1 Å². The number of nitrogens with zero attached hydrogens (tertiary/aromatic N) is 2. The molecule has 1 atom stereocenters. The van der Waals surface area contributed by atoms with Gasteiger partial charge in [-0.3, -0.25) is 4.79 Å². The van der Waals surface area contributed by atoms with Crippen LogP contribution in [0.5, 0.6) is 0 Å². The Balaban J connectivity index is 2.04. The number of benzene rings is 1. The highest BCUT2D eigenvalue weighted by Crippen LogP contribution is 2.17. The number of hydrogen-bond acceptors (Lipinski definition) is 3. The lowest BCUT2D eigenvalue weighted by atomic mass is 9.97. The SMILES string of the molecule is CC1CN(C(=O)Cc2cccc(F)c2F)CC/C1=N\O. The Bertz CT molecular complexity index is 546. The molecule has 1 heterocycles. The molecule has 1 aromatic rings. The number of amides is 1. The molecule has 4 nitrogen and oxygen atoms in total. The second-order valence-corrected chi connectivity index (χ2v) is 4.97. The van der Waals surface area contributed by atoms with E-state index in [0.717, 1.165) is 6.07 Å². The zero-order valence-corrected chi connectivity index (χ0v) is 11.1. The third-order valence-electron chi connectivity index (χ3n) is 3.56. The summed E-state index contributed by atoms with van der Waals surface area (Å²) in [6.07, 6.45) is 0.330. The monoisotopic (exact) mass is 282 g/mol. The molecule has 0 saturated carbocycles. The molecule has 1 aromatic carbocycles. The average molecular weight is 282 g/mol. The maximum Gasteiger partial charge on any atom is 0.227 e. The summed E-state index contributed by atoms with van der Waals surface area (Å²) in [5.41, 5.74) is 0.718. The van der Waals surface area contributed by atoms with Crippen LogP contribution < -0.4 is 0 Å². The third kappa shape index (κ3) is 2.95. The summed E-state index contributed by atoms with van der Waals surface area (Å²) in [5, 5.41) is 12.0. The smallest absolute Gasteiger partial charge is 0.227 e. The molecule has 1 fully saturated rings. The van der Waals surface area contributed by atoms with E-state index in [0.29, 0.717) is 25.2 Å². The van der Waals surface area contributed by atoms with Crippen LogP contribution in [0.3, 0.4) is 0 Å². The summed E-state index contributed by atoms with van der Waals surface area (Å²) in [6, 6.07) is 3.82. The summed E-state index contributed by atoms with van der Waals surface area (Å²) in [5.74, 6) is -2.20. The molecule has 1 N–H and O–H groups in total. The molecular formula is C14H16F2N2O2. The minimum atomic E-state index is -0.969. The number of carbonyl (C=O) groups excluding carboxylic acids is 1.